The Morgan fingerprint density at radius 2 is 1.80 bits per heavy atom. The van der Waals surface area contributed by atoms with Gasteiger partial charge in [0.1, 0.15) is 0 Å². The van der Waals surface area contributed by atoms with Crippen LogP contribution in [0.15, 0.2) is 24.3 Å². The van der Waals surface area contributed by atoms with E-state index in [-0.39, 0.29) is 4.87 Å². The fraction of sp³-hybridized carbons (Fsp3) is 0. The molecule has 0 unspecified atom stereocenters. The first kappa shape index (κ1) is 7.02. The summed E-state index contributed by atoms with van der Waals surface area (Å²) in [6.45, 7) is 0. The first-order valence-corrected chi connectivity index (χ1v) is 3.05. The highest BCUT2D eigenvalue weighted by atomic mass is 35.5. The van der Waals surface area contributed by atoms with Crippen LogP contribution in [0.25, 0.3) is 0 Å². The predicted octanol–water partition coefficient (Wildman–Crippen LogP) is 1.62. The summed E-state index contributed by atoms with van der Waals surface area (Å²) in [5, 5.41) is 0.589. The van der Waals surface area contributed by atoms with Crippen LogP contribution in [0.4, 0.5) is 5.69 Å². The molecule has 1 aromatic carbocycles. The number of hydrogen-bond acceptors (Lipinski definition) is 1. The van der Waals surface area contributed by atoms with Gasteiger partial charge >= 0.3 is 0 Å². The topological polar surface area (TPSA) is 46.1 Å². The van der Waals surface area contributed by atoms with Gasteiger partial charge in [-0.3, -0.25) is 0 Å². The molecule has 0 aliphatic rings. The molecule has 0 aliphatic carbocycles. The van der Waals surface area contributed by atoms with Crippen LogP contribution in [0.1, 0.15) is 0 Å². The molecule has 3 nitrogen and oxygen atoms in total. The van der Waals surface area contributed by atoms with E-state index in [4.69, 9.17) is 17.4 Å². The Balaban J connectivity index is 3.00. The van der Waals surface area contributed by atoms with E-state index in [0.717, 1.165) is 0 Å². The third kappa shape index (κ3) is 1.45. The monoisotopic (exact) mass is 157 g/mol. The van der Waals surface area contributed by atoms with E-state index in [1.165, 1.54) is 0 Å². The summed E-state index contributed by atoms with van der Waals surface area (Å²) >= 11 is 5.55. The number of halogens is 1. The van der Waals surface area contributed by atoms with Gasteiger partial charge < -0.3 is 0 Å². The van der Waals surface area contributed by atoms with Crippen molar-refractivity contribution in [1.82, 2.24) is 0 Å². The van der Waals surface area contributed by atoms with Crippen molar-refractivity contribution in [2.24, 2.45) is 5.84 Å². The average molecular weight is 158 g/mol. The minimum Gasteiger partial charge on any atom is -0.159 e. The van der Waals surface area contributed by atoms with E-state index < -0.39 is 0 Å². The maximum atomic E-state index is 10.4. The third-order valence-electron chi connectivity index (χ3n) is 1.08. The summed E-state index contributed by atoms with van der Waals surface area (Å²) in [7, 11) is 0. The maximum Gasteiger partial charge on any atom is 0.291 e. The molecule has 4 heteroatoms. The Morgan fingerprint density at radius 1 is 1.30 bits per heavy atom. The van der Waals surface area contributed by atoms with Crippen LogP contribution >= 0.6 is 11.6 Å². The zero-order chi connectivity index (χ0) is 7.56. The van der Waals surface area contributed by atoms with Crippen LogP contribution in [0.2, 0.25) is 5.02 Å². The van der Waals surface area contributed by atoms with E-state index >= 15 is 0 Å². The average Bonchev–Trinajstić information content (AvgIpc) is 1.88. The second kappa shape index (κ2) is 2.66. The molecule has 0 bridgehead atoms. The van der Waals surface area contributed by atoms with E-state index in [1.54, 1.807) is 24.3 Å². The quantitative estimate of drug-likeness (QED) is 0.383. The number of nitroso groups, excluding NO2 is 1. The van der Waals surface area contributed by atoms with Gasteiger partial charge in [-0.1, -0.05) is 11.6 Å². The van der Waals surface area contributed by atoms with Gasteiger partial charge in [-0.15, -0.1) is 0 Å². The molecule has 0 atom stereocenters. The number of benzene rings is 1. The molecule has 10 heavy (non-hydrogen) atoms. The van der Waals surface area contributed by atoms with Crippen LogP contribution in [-0.4, -0.2) is 4.87 Å². The molecule has 0 aliphatic heterocycles. The number of hydrazine groups is 1. The highest BCUT2D eigenvalue weighted by Crippen LogP contribution is 2.13. The summed E-state index contributed by atoms with van der Waals surface area (Å²) < 4.78 is 0. The van der Waals surface area contributed by atoms with Gasteiger partial charge in [0.05, 0.1) is 4.91 Å². The lowest BCUT2D eigenvalue weighted by Crippen LogP contribution is -2.08. The smallest absolute Gasteiger partial charge is 0.159 e. The Kier molecular flexibility index (Phi) is 1.87. The van der Waals surface area contributed by atoms with Crippen molar-refractivity contribution in [3.8, 4) is 0 Å². The minimum atomic E-state index is 0.288. The molecule has 0 spiro atoms. The van der Waals surface area contributed by atoms with Crippen molar-refractivity contribution in [3.63, 3.8) is 0 Å². The lowest BCUT2D eigenvalue weighted by atomic mass is 10.3. The zero-order valence-corrected chi connectivity index (χ0v) is 5.88. The molecule has 52 valence electrons. The molecule has 0 radical (unpaired) electrons. The van der Waals surface area contributed by atoms with Crippen LogP contribution in [-0.2, 0) is 0 Å². The molecule has 0 saturated heterocycles. The van der Waals surface area contributed by atoms with E-state index in [0.29, 0.717) is 10.7 Å². The van der Waals surface area contributed by atoms with E-state index in [2.05, 4.69) is 0 Å². The first-order chi connectivity index (χ1) is 4.70. The minimum absolute atomic E-state index is 0.288. The number of nitrogens with zero attached hydrogens (tertiary/aromatic N) is 1. The van der Waals surface area contributed by atoms with E-state index in [9.17, 15) is 4.91 Å². The van der Waals surface area contributed by atoms with Crippen molar-refractivity contribution in [2.45, 2.75) is 0 Å². The fourth-order valence-corrected chi connectivity index (χ4v) is 0.714. The molecule has 1 aromatic rings. The van der Waals surface area contributed by atoms with Crippen LogP contribution in [0, 0.1) is 4.91 Å². The van der Waals surface area contributed by atoms with Gasteiger partial charge in [0.15, 0.2) is 4.87 Å². The molecular formula is C6H6ClN2O+. The maximum absolute atomic E-state index is 10.4. The van der Waals surface area contributed by atoms with Crippen molar-refractivity contribution in [2.75, 3.05) is 0 Å². The molecule has 0 saturated carbocycles. The van der Waals surface area contributed by atoms with Gasteiger partial charge in [0.25, 0.3) is 5.69 Å². The van der Waals surface area contributed by atoms with Gasteiger partial charge in [0, 0.05) is 17.2 Å². The molecule has 0 fully saturated rings. The Labute approximate surface area is 62.9 Å². The van der Waals surface area contributed by atoms with Crippen molar-refractivity contribution < 1.29 is 4.87 Å². The number of rotatable bonds is 1. The second-order valence-electron chi connectivity index (χ2n) is 1.80. The summed E-state index contributed by atoms with van der Waals surface area (Å²) in [4.78, 5) is 10.7. The Hall–Kier alpha value is -1.09. The van der Waals surface area contributed by atoms with Crippen LogP contribution < -0.4 is 5.84 Å². The summed E-state index contributed by atoms with van der Waals surface area (Å²) in [5.41, 5.74) is 0.393. The zero-order valence-electron chi connectivity index (χ0n) is 5.12. The SMILES string of the molecule is N[N+](=O)c1ccc(Cl)cc1. The second-order valence-corrected chi connectivity index (χ2v) is 2.24. The molecule has 0 heterocycles. The van der Waals surface area contributed by atoms with Crippen LogP contribution in [0.3, 0.4) is 0 Å². The lowest BCUT2D eigenvalue weighted by Gasteiger charge is -1.85. The molecule has 0 aromatic heterocycles. The molecular weight excluding hydrogens is 152 g/mol. The number of hydrogen-bond donors (Lipinski definition) is 1. The molecule has 2 N–H and O–H groups in total. The largest absolute Gasteiger partial charge is 0.291 e. The highest BCUT2D eigenvalue weighted by Gasteiger charge is 2.05. The third-order valence-corrected chi connectivity index (χ3v) is 1.33. The van der Waals surface area contributed by atoms with Crippen molar-refractivity contribution >= 4 is 17.3 Å². The van der Waals surface area contributed by atoms with E-state index in [1.807, 2.05) is 0 Å². The van der Waals surface area contributed by atoms with Crippen LogP contribution in [0.5, 0.6) is 0 Å². The van der Waals surface area contributed by atoms with Crippen molar-refractivity contribution in [1.29, 1.82) is 0 Å². The summed E-state index contributed by atoms with van der Waals surface area (Å²) in [6.07, 6.45) is 0. The predicted molar refractivity (Wildman–Crippen MR) is 38.9 cm³/mol. The normalized spacial score (nSPS) is 9.30. The Bertz CT molecular complexity index is 244. The van der Waals surface area contributed by atoms with Gasteiger partial charge in [-0.2, -0.15) is 5.84 Å². The Morgan fingerprint density at radius 3 is 2.20 bits per heavy atom. The highest BCUT2D eigenvalue weighted by molar-refractivity contribution is 6.30. The van der Waals surface area contributed by atoms with Gasteiger partial charge in [-0.25, -0.2) is 0 Å². The lowest BCUT2D eigenvalue weighted by molar-refractivity contribution is -0.474. The van der Waals surface area contributed by atoms with Crippen molar-refractivity contribution in [3.05, 3.63) is 34.2 Å². The molecule has 0 amide bonds. The fourth-order valence-electron chi connectivity index (χ4n) is 0.588. The number of nitrogens with two attached hydrogens (primary N) is 1. The standard InChI is InChI=1S/C6H6ClN2O/c7-5-1-3-6(4-2-5)9(8)10/h1-4H,(H2,8,10)/q+1. The molecule has 1 rings (SSSR count). The first-order valence-electron chi connectivity index (χ1n) is 2.67. The summed E-state index contributed by atoms with van der Waals surface area (Å²) in [5.74, 6) is 4.90. The van der Waals surface area contributed by atoms with Gasteiger partial charge in [0.2, 0.25) is 0 Å². The summed E-state index contributed by atoms with van der Waals surface area (Å²) in [6, 6.07) is 6.31. The van der Waals surface area contributed by atoms with Gasteiger partial charge in [-0.05, 0) is 12.1 Å².